The van der Waals surface area contributed by atoms with E-state index in [1.54, 1.807) is 0 Å². The summed E-state index contributed by atoms with van der Waals surface area (Å²) in [6.45, 7) is 3.51. The number of hydrogen-bond acceptors (Lipinski definition) is 2. The van der Waals surface area contributed by atoms with Crippen molar-refractivity contribution in [3.8, 4) is 0 Å². The van der Waals surface area contributed by atoms with E-state index in [9.17, 15) is 9.90 Å². The second-order valence-corrected chi connectivity index (χ2v) is 5.22. The summed E-state index contributed by atoms with van der Waals surface area (Å²) >= 11 is 0. The summed E-state index contributed by atoms with van der Waals surface area (Å²) in [5.41, 5.74) is -0.497. The molecule has 0 aliphatic heterocycles. The van der Waals surface area contributed by atoms with E-state index in [1.807, 2.05) is 0 Å². The number of carbonyl (C=O) groups is 1. The second kappa shape index (κ2) is 7.70. The summed E-state index contributed by atoms with van der Waals surface area (Å²) in [6.07, 6.45) is 9.04. The highest BCUT2D eigenvalue weighted by Crippen LogP contribution is 2.38. The first-order chi connectivity index (χ1) is 8.21. The molecule has 0 saturated heterocycles. The van der Waals surface area contributed by atoms with E-state index in [2.05, 4.69) is 6.92 Å². The summed E-state index contributed by atoms with van der Waals surface area (Å²) in [7, 11) is 0. The van der Waals surface area contributed by atoms with Gasteiger partial charge in [-0.1, -0.05) is 39.0 Å². The number of ether oxygens (including phenoxy) is 1. The summed E-state index contributed by atoms with van der Waals surface area (Å²) in [4.78, 5) is 11.5. The molecule has 0 bridgehead atoms. The SMILES string of the molecule is CCCCOCCC1(C(=O)O)CCCCCC1. The number of carboxylic acid groups (broad SMARTS) is 1. The van der Waals surface area contributed by atoms with Crippen LogP contribution in [0, 0.1) is 5.41 Å². The van der Waals surface area contributed by atoms with Gasteiger partial charge in [-0.25, -0.2) is 0 Å². The highest BCUT2D eigenvalue weighted by Gasteiger charge is 2.38. The molecule has 0 unspecified atom stereocenters. The van der Waals surface area contributed by atoms with Gasteiger partial charge in [0.1, 0.15) is 0 Å². The average molecular weight is 242 g/mol. The van der Waals surface area contributed by atoms with Gasteiger partial charge in [-0.05, 0) is 25.7 Å². The van der Waals surface area contributed by atoms with Crippen LogP contribution in [0.25, 0.3) is 0 Å². The van der Waals surface area contributed by atoms with E-state index in [1.165, 1.54) is 12.8 Å². The number of carboxylic acids is 1. The van der Waals surface area contributed by atoms with E-state index in [4.69, 9.17) is 4.74 Å². The normalized spacial score (nSPS) is 19.8. The molecule has 0 aromatic heterocycles. The van der Waals surface area contributed by atoms with E-state index in [0.29, 0.717) is 13.0 Å². The summed E-state index contributed by atoms with van der Waals surface area (Å²) < 4.78 is 5.53. The van der Waals surface area contributed by atoms with Crippen LogP contribution in [0.1, 0.15) is 64.7 Å². The zero-order chi connectivity index (χ0) is 12.6. The van der Waals surface area contributed by atoms with Crippen molar-refractivity contribution in [1.82, 2.24) is 0 Å². The van der Waals surface area contributed by atoms with Gasteiger partial charge >= 0.3 is 5.97 Å². The molecule has 0 amide bonds. The largest absolute Gasteiger partial charge is 0.481 e. The second-order valence-electron chi connectivity index (χ2n) is 5.22. The molecule has 0 aromatic rings. The molecule has 1 aliphatic carbocycles. The first-order valence-corrected chi connectivity index (χ1v) is 7.02. The molecular weight excluding hydrogens is 216 g/mol. The van der Waals surface area contributed by atoms with Gasteiger partial charge in [0.05, 0.1) is 5.41 Å². The predicted molar refractivity (Wildman–Crippen MR) is 68.1 cm³/mol. The maximum atomic E-state index is 11.5. The molecule has 1 N–H and O–H groups in total. The maximum absolute atomic E-state index is 11.5. The Bertz CT molecular complexity index is 218. The van der Waals surface area contributed by atoms with Crippen LogP contribution in [0.4, 0.5) is 0 Å². The molecule has 1 rings (SSSR count). The highest BCUT2D eigenvalue weighted by molar-refractivity contribution is 5.74. The lowest BCUT2D eigenvalue weighted by atomic mass is 9.78. The average Bonchev–Trinajstić information content (AvgIpc) is 2.55. The lowest BCUT2D eigenvalue weighted by Gasteiger charge is -2.27. The fraction of sp³-hybridized carbons (Fsp3) is 0.929. The van der Waals surface area contributed by atoms with Gasteiger partial charge in [0.2, 0.25) is 0 Å². The van der Waals surface area contributed by atoms with Gasteiger partial charge in [0.25, 0.3) is 0 Å². The lowest BCUT2D eigenvalue weighted by molar-refractivity contribution is -0.151. The minimum atomic E-state index is -0.613. The van der Waals surface area contributed by atoms with Crippen molar-refractivity contribution in [2.24, 2.45) is 5.41 Å². The highest BCUT2D eigenvalue weighted by atomic mass is 16.5. The molecule has 3 heteroatoms. The van der Waals surface area contributed by atoms with Gasteiger partial charge in [-0.2, -0.15) is 0 Å². The van der Waals surface area contributed by atoms with Gasteiger partial charge in [-0.15, -0.1) is 0 Å². The number of hydrogen-bond donors (Lipinski definition) is 1. The van der Waals surface area contributed by atoms with Gasteiger partial charge in [0.15, 0.2) is 0 Å². The Morgan fingerprint density at radius 1 is 1.18 bits per heavy atom. The van der Waals surface area contributed by atoms with Gasteiger partial charge in [-0.3, -0.25) is 4.79 Å². The van der Waals surface area contributed by atoms with Crippen molar-refractivity contribution in [1.29, 1.82) is 0 Å². The van der Waals surface area contributed by atoms with Crippen LogP contribution >= 0.6 is 0 Å². The quantitative estimate of drug-likeness (QED) is 0.548. The molecule has 17 heavy (non-hydrogen) atoms. The van der Waals surface area contributed by atoms with E-state index in [-0.39, 0.29) is 0 Å². The van der Waals surface area contributed by atoms with Crippen LogP contribution in [0.15, 0.2) is 0 Å². The van der Waals surface area contributed by atoms with E-state index in [0.717, 1.165) is 45.1 Å². The fourth-order valence-corrected chi connectivity index (χ4v) is 2.59. The minimum Gasteiger partial charge on any atom is -0.481 e. The van der Waals surface area contributed by atoms with Crippen LogP contribution in [-0.4, -0.2) is 24.3 Å². The standard InChI is InChI=1S/C14H26O3/c1-2-3-11-17-12-10-14(13(15)16)8-6-4-5-7-9-14/h2-12H2,1H3,(H,15,16). The lowest BCUT2D eigenvalue weighted by Crippen LogP contribution is -2.32. The predicted octanol–water partition coefficient (Wildman–Crippen LogP) is 3.62. The Morgan fingerprint density at radius 3 is 2.35 bits per heavy atom. The van der Waals surface area contributed by atoms with Crippen molar-refractivity contribution in [2.75, 3.05) is 13.2 Å². The minimum absolute atomic E-state index is 0.497. The summed E-state index contributed by atoms with van der Waals surface area (Å²) in [5.74, 6) is -0.613. The van der Waals surface area contributed by atoms with Crippen molar-refractivity contribution in [2.45, 2.75) is 64.7 Å². The van der Waals surface area contributed by atoms with Crippen LogP contribution in [0.5, 0.6) is 0 Å². The Morgan fingerprint density at radius 2 is 1.82 bits per heavy atom. The molecule has 0 radical (unpaired) electrons. The number of rotatable bonds is 7. The molecule has 0 aromatic carbocycles. The first kappa shape index (κ1) is 14.5. The van der Waals surface area contributed by atoms with Crippen LogP contribution in [-0.2, 0) is 9.53 Å². The molecule has 3 nitrogen and oxygen atoms in total. The van der Waals surface area contributed by atoms with Crippen molar-refractivity contribution >= 4 is 5.97 Å². The fourth-order valence-electron chi connectivity index (χ4n) is 2.59. The monoisotopic (exact) mass is 242 g/mol. The Kier molecular flexibility index (Phi) is 6.56. The molecule has 0 atom stereocenters. The third kappa shape index (κ3) is 4.66. The van der Waals surface area contributed by atoms with Crippen LogP contribution in [0.2, 0.25) is 0 Å². The number of unbranched alkanes of at least 4 members (excludes halogenated alkanes) is 1. The van der Waals surface area contributed by atoms with Gasteiger partial charge in [0, 0.05) is 13.2 Å². The molecule has 1 saturated carbocycles. The first-order valence-electron chi connectivity index (χ1n) is 7.02. The molecule has 0 heterocycles. The Hall–Kier alpha value is -0.570. The molecule has 100 valence electrons. The van der Waals surface area contributed by atoms with E-state index < -0.39 is 11.4 Å². The summed E-state index contributed by atoms with van der Waals surface area (Å²) in [5, 5.41) is 9.46. The topological polar surface area (TPSA) is 46.5 Å². The smallest absolute Gasteiger partial charge is 0.309 e. The Labute approximate surface area is 105 Å². The summed E-state index contributed by atoms with van der Waals surface area (Å²) in [6, 6.07) is 0. The van der Waals surface area contributed by atoms with E-state index >= 15 is 0 Å². The maximum Gasteiger partial charge on any atom is 0.309 e. The van der Waals surface area contributed by atoms with Crippen LogP contribution in [0.3, 0.4) is 0 Å². The third-order valence-electron chi connectivity index (χ3n) is 3.88. The molecule has 1 aliphatic rings. The molecular formula is C14H26O3. The van der Waals surface area contributed by atoms with Gasteiger partial charge < -0.3 is 9.84 Å². The van der Waals surface area contributed by atoms with Crippen molar-refractivity contribution < 1.29 is 14.6 Å². The zero-order valence-corrected chi connectivity index (χ0v) is 11.0. The van der Waals surface area contributed by atoms with Crippen molar-refractivity contribution in [3.63, 3.8) is 0 Å². The molecule has 0 spiro atoms. The third-order valence-corrected chi connectivity index (χ3v) is 3.88. The van der Waals surface area contributed by atoms with Crippen molar-refractivity contribution in [3.05, 3.63) is 0 Å². The Balaban J connectivity index is 2.38. The number of aliphatic carboxylic acids is 1. The molecule has 1 fully saturated rings. The van der Waals surface area contributed by atoms with Crippen LogP contribution < -0.4 is 0 Å². The zero-order valence-electron chi connectivity index (χ0n) is 11.0.